The fraction of sp³-hybridized carbons (Fsp3) is 0.200. The first kappa shape index (κ1) is 13.1. The Morgan fingerprint density at radius 2 is 1.89 bits per heavy atom. The van der Waals surface area contributed by atoms with Gasteiger partial charge in [0, 0.05) is 19.3 Å². The van der Waals surface area contributed by atoms with Crippen molar-refractivity contribution in [3.63, 3.8) is 0 Å². The molecule has 2 N–H and O–H groups in total. The van der Waals surface area contributed by atoms with E-state index in [4.69, 9.17) is 17.3 Å². The molecule has 0 aliphatic heterocycles. The van der Waals surface area contributed by atoms with Crippen molar-refractivity contribution in [1.82, 2.24) is 0 Å². The first-order valence-corrected chi connectivity index (χ1v) is 8.13. The summed E-state index contributed by atoms with van der Waals surface area (Å²) < 4.78 is 2.64. The van der Waals surface area contributed by atoms with Crippen molar-refractivity contribution >= 4 is 43.7 Å². The van der Waals surface area contributed by atoms with Crippen molar-refractivity contribution in [3.05, 3.63) is 56.2 Å². The molecule has 98 valence electrons. The van der Waals surface area contributed by atoms with Crippen molar-refractivity contribution in [2.24, 2.45) is 5.73 Å². The van der Waals surface area contributed by atoms with E-state index >= 15 is 0 Å². The number of hydrogen-bond donors (Lipinski definition) is 1. The highest BCUT2D eigenvalue weighted by Crippen LogP contribution is 2.36. The van der Waals surface area contributed by atoms with E-state index in [0.717, 1.165) is 21.7 Å². The van der Waals surface area contributed by atoms with Crippen molar-refractivity contribution < 1.29 is 0 Å². The van der Waals surface area contributed by atoms with E-state index < -0.39 is 0 Å². The van der Waals surface area contributed by atoms with E-state index in [1.54, 1.807) is 22.7 Å². The molecule has 0 aliphatic rings. The number of benzene rings is 1. The van der Waals surface area contributed by atoms with Crippen molar-refractivity contribution in [2.75, 3.05) is 0 Å². The first-order chi connectivity index (χ1) is 9.06. The highest BCUT2D eigenvalue weighted by atomic mass is 35.5. The summed E-state index contributed by atoms with van der Waals surface area (Å²) in [5.74, 6) is 0. The Balaban J connectivity index is 2.06. The number of nitrogens with two attached hydrogens (primary N) is 1. The summed E-state index contributed by atoms with van der Waals surface area (Å²) in [6.45, 7) is 4.08. The van der Waals surface area contributed by atoms with Gasteiger partial charge in [0.25, 0.3) is 0 Å². The predicted octanol–water partition coefficient (Wildman–Crippen LogP) is 5.28. The zero-order valence-corrected chi connectivity index (χ0v) is 13.1. The van der Waals surface area contributed by atoms with Crippen LogP contribution in [-0.4, -0.2) is 0 Å². The van der Waals surface area contributed by atoms with Crippen LogP contribution in [0.5, 0.6) is 0 Å². The minimum atomic E-state index is -0.0689. The van der Waals surface area contributed by atoms with Crippen LogP contribution in [-0.2, 0) is 0 Å². The molecule has 19 heavy (non-hydrogen) atoms. The summed E-state index contributed by atoms with van der Waals surface area (Å²) in [6.07, 6.45) is 0. The number of thiophene rings is 2. The number of hydrogen-bond acceptors (Lipinski definition) is 3. The number of halogens is 1. The van der Waals surface area contributed by atoms with Crippen LogP contribution < -0.4 is 5.73 Å². The fourth-order valence-corrected chi connectivity index (χ4v) is 4.59. The largest absolute Gasteiger partial charge is 0.320 e. The van der Waals surface area contributed by atoms with Gasteiger partial charge in [-0.1, -0.05) is 17.7 Å². The molecule has 0 bridgehead atoms. The monoisotopic (exact) mass is 307 g/mol. The van der Waals surface area contributed by atoms with Gasteiger partial charge in [-0.15, -0.1) is 22.7 Å². The topological polar surface area (TPSA) is 26.0 Å². The summed E-state index contributed by atoms with van der Waals surface area (Å²) in [5, 5.41) is 2.93. The second-order valence-corrected chi connectivity index (χ2v) is 7.20. The molecule has 0 aliphatic carbocycles. The molecular formula is C15H14ClNS2. The first-order valence-electron chi connectivity index (χ1n) is 6.05. The summed E-state index contributed by atoms with van der Waals surface area (Å²) in [7, 11) is 0. The number of fused-ring (bicyclic) bond motifs is 1. The van der Waals surface area contributed by atoms with Gasteiger partial charge in [-0.2, -0.15) is 0 Å². The normalized spacial score (nSPS) is 13.1. The van der Waals surface area contributed by atoms with Crippen LogP contribution in [0.2, 0.25) is 5.02 Å². The summed E-state index contributed by atoms with van der Waals surface area (Å²) >= 11 is 9.69. The van der Waals surface area contributed by atoms with E-state index in [2.05, 4.69) is 30.5 Å². The van der Waals surface area contributed by atoms with Crippen LogP contribution >= 0.6 is 34.3 Å². The SMILES string of the molecule is Cc1cc(C(N)c2cc3sccc3s2)c(C)cc1Cl. The van der Waals surface area contributed by atoms with Crippen LogP contribution in [0.1, 0.15) is 27.6 Å². The van der Waals surface area contributed by atoms with E-state index in [-0.39, 0.29) is 6.04 Å². The average Bonchev–Trinajstić information content (AvgIpc) is 2.93. The minimum absolute atomic E-state index is 0.0689. The maximum absolute atomic E-state index is 6.43. The third-order valence-electron chi connectivity index (χ3n) is 3.35. The molecule has 0 spiro atoms. The third-order valence-corrected chi connectivity index (χ3v) is 5.93. The molecule has 0 saturated carbocycles. The van der Waals surface area contributed by atoms with Gasteiger partial charge in [0.15, 0.2) is 0 Å². The molecule has 0 radical (unpaired) electrons. The second kappa shape index (κ2) is 4.91. The van der Waals surface area contributed by atoms with Gasteiger partial charge in [-0.3, -0.25) is 0 Å². The van der Waals surface area contributed by atoms with Gasteiger partial charge in [-0.25, -0.2) is 0 Å². The molecule has 0 saturated heterocycles. The molecule has 3 aromatic rings. The summed E-state index contributed by atoms with van der Waals surface area (Å²) in [6, 6.07) is 8.40. The molecule has 0 amide bonds. The predicted molar refractivity (Wildman–Crippen MR) is 86.7 cm³/mol. The maximum Gasteiger partial charge on any atom is 0.0649 e. The molecule has 1 aromatic carbocycles. The van der Waals surface area contributed by atoms with E-state index in [9.17, 15) is 0 Å². The molecule has 2 aromatic heterocycles. The van der Waals surface area contributed by atoms with Gasteiger partial charge in [0.05, 0.1) is 6.04 Å². The van der Waals surface area contributed by atoms with Crippen molar-refractivity contribution in [2.45, 2.75) is 19.9 Å². The van der Waals surface area contributed by atoms with Crippen LogP contribution in [0.4, 0.5) is 0 Å². The third kappa shape index (κ3) is 2.32. The highest BCUT2D eigenvalue weighted by Gasteiger charge is 2.16. The Bertz CT molecular complexity index is 713. The van der Waals surface area contributed by atoms with Crippen LogP contribution in [0.15, 0.2) is 29.6 Å². The Hall–Kier alpha value is -0.870. The van der Waals surface area contributed by atoms with Crippen molar-refractivity contribution in [1.29, 1.82) is 0 Å². The van der Waals surface area contributed by atoms with Crippen LogP contribution in [0, 0.1) is 13.8 Å². The number of rotatable bonds is 2. The standard InChI is InChI=1S/C15H14ClNS2/c1-8-6-11(16)9(2)5-10(8)15(17)14-7-13-12(19-14)3-4-18-13/h3-7,15H,17H2,1-2H3. The van der Waals surface area contributed by atoms with Crippen LogP contribution in [0.3, 0.4) is 0 Å². The lowest BCUT2D eigenvalue weighted by atomic mass is 9.98. The van der Waals surface area contributed by atoms with Crippen molar-refractivity contribution in [3.8, 4) is 0 Å². The summed E-state index contributed by atoms with van der Waals surface area (Å²) in [4.78, 5) is 1.21. The zero-order valence-electron chi connectivity index (χ0n) is 10.7. The molecule has 0 fully saturated rings. The molecule has 1 nitrogen and oxygen atoms in total. The molecule has 2 heterocycles. The van der Waals surface area contributed by atoms with Crippen LogP contribution in [0.25, 0.3) is 9.40 Å². The van der Waals surface area contributed by atoms with E-state index in [0.29, 0.717) is 0 Å². The Kier molecular flexibility index (Phi) is 3.39. The zero-order chi connectivity index (χ0) is 13.6. The Morgan fingerprint density at radius 1 is 1.11 bits per heavy atom. The average molecular weight is 308 g/mol. The van der Waals surface area contributed by atoms with Gasteiger partial charge in [0.1, 0.15) is 0 Å². The molecule has 3 rings (SSSR count). The number of aryl methyl sites for hydroxylation is 2. The lowest BCUT2D eigenvalue weighted by Crippen LogP contribution is -2.12. The molecule has 1 atom stereocenters. The quantitative estimate of drug-likeness (QED) is 0.684. The Morgan fingerprint density at radius 3 is 2.63 bits per heavy atom. The lowest BCUT2D eigenvalue weighted by Gasteiger charge is -2.15. The smallest absolute Gasteiger partial charge is 0.0649 e. The van der Waals surface area contributed by atoms with E-state index in [1.807, 2.05) is 13.0 Å². The highest BCUT2D eigenvalue weighted by molar-refractivity contribution is 7.27. The van der Waals surface area contributed by atoms with Gasteiger partial charge in [-0.05, 0) is 54.1 Å². The van der Waals surface area contributed by atoms with Gasteiger partial charge < -0.3 is 5.73 Å². The fourth-order valence-electron chi connectivity index (χ4n) is 2.23. The maximum atomic E-state index is 6.43. The Labute approximate surface area is 125 Å². The molecular weight excluding hydrogens is 294 g/mol. The van der Waals surface area contributed by atoms with Gasteiger partial charge >= 0.3 is 0 Å². The summed E-state index contributed by atoms with van der Waals surface area (Å²) in [5.41, 5.74) is 9.83. The van der Waals surface area contributed by atoms with Gasteiger partial charge in [0.2, 0.25) is 0 Å². The minimum Gasteiger partial charge on any atom is -0.320 e. The lowest BCUT2D eigenvalue weighted by molar-refractivity contribution is 0.881. The molecule has 4 heteroatoms. The molecule has 1 unspecified atom stereocenters. The van der Waals surface area contributed by atoms with E-state index in [1.165, 1.54) is 14.3 Å². The second-order valence-electron chi connectivity index (χ2n) is 4.73.